The molecule has 2 atom stereocenters. The standard InChI is InChI=1S/C29H28O10/c1-38-23-11-20-19-7-15-5-3-4-6-16(15)8-21(19)29(22(20)12-24(23)39-2,13-17(27(34)35)9-25(30)31)14-18(28(36)37)10-26(32)33/h3-8,11-12,17-18H,9-10,13-14H2,1-2H3,(H,30,31)(H,32,33)(H,34,35)(H,36,37). The van der Waals surface area contributed by atoms with Gasteiger partial charge in [0, 0.05) is 5.41 Å². The van der Waals surface area contributed by atoms with Gasteiger partial charge in [-0.05, 0) is 70.1 Å². The number of carboxylic acids is 4. The molecule has 0 radical (unpaired) electrons. The summed E-state index contributed by atoms with van der Waals surface area (Å²) in [6, 6.07) is 14.6. The zero-order valence-corrected chi connectivity index (χ0v) is 21.3. The predicted octanol–water partition coefficient (Wildman–Crippen LogP) is 4.25. The molecule has 0 aliphatic heterocycles. The van der Waals surface area contributed by atoms with Crippen molar-refractivity contribution in [1.29, 1.82) is 0 Å². The van der Waals surface area contributed by atoms with Gasteiger partial charge in [0.1, 0.15) is 0 Å². The molecule has 0 aromatic heterocycles. The molecule has 1 aliphatic carbocycles. The fourth-order valence-corrected chi connectivity index (χ4v) is 5.78. The SMILES string of the molecule is COc1cc2c(cc1OC)C(CC(CC(=O)O)C(=O)O)(CC(CC(=O)O)C(=O)O)c1cc3ccccc3cc1-2. The van der Waals surface area contributed by atoms with Crippen molar-refractivity contribution in [2.75, 3.05) is 14.2 Å². The molecule has 204 valence electrons. The van der Waals surface area contributed by atoms with Crippen LogP contribution >= 0.6 is 0 Å². The van der Waals surface area contributed by atoms with Gasteiger partial charge in [-0.25, -0.2) is 0 Å². The first-order valence-electron chi connectivity index (χ1n) is 12.2. The quantitative estimate of drug-likeness (QED) is 0.263. The molecule has 1 aliphatic rings. The number of carbonyl (C=O) groups is 4. The second-order valence-electron chi connectivity index (χ2n) is 9.75. The van der Waals surface area contributed by atoms with Crippen molar-refractivity contribution < 1.29 is 49.1 Å². The van der Waals surface area contributed by atoms with Crippen molar-refractivity contribution in [3.63, 3.8) is 0 Å². The minimum absolute atomic E-state index is 0.272. The summed E-state index contributed by atoms with van der Waals surface area (Å²) in [5.74, 6) is -7.40. The average molecular weight is 537 g/mol. The second-order valence-corrected chi connectivity index (χ2v) is 9.75. The third-order valence-corrected chi connectivity index (χ3v) is 7.46. The Morgan fingerprint density at radius 1 is 0.692 bits per heavy atom. The maximum atomic E-state index is 12.3. The Hall–Kier alpha value is -4.60. The van der Waals surface area contributed by atoms with Gasteiger partial charge in [0.05, 0.1) is 38.9 Å². The van der Waals surface area contributed by atoms with E-state index < -0.39 is 54.0 Å². The van der Waals surface area contributed by atoms with E-state index in [4.69, 9.17) is 9.47 Å². The number of carboxylic acid groups (broad SMARTS) is 4. The maximum Gasteiger partial charge on any atom is 0.307 e. The molecule has 0 amide bonds. The molecule has 0 spiro atoms. The minimum atomic E-state index is -1.39. The van der Waals surface area contributed by atoms with Crippen molar-refractivity contribution in [3.05, 3.63) is 59.7 Å². The van der Waals surface area contributed by atoms with Gasteiger partial charge < -0.3 is 29.9 Å². The summed E-state index contributed by atoms with van der Waals surface area (Å²) >= 11 is 0. The fraction of sp³-hybridized carbons (Fsp3) is 0.310. The van der Waals surface area contributed by atoms with E-state index in [1.165, 1.54) is 14.2 Å². The highest BCUT2D eigenvalue weighted by molar-refractivity contribution is 5.95. The molecule has 0 saturated carbocycles. The van der Waals surface area contributed by atoms with Gasteiger partial charge in [-0.2, -0.15) is 0 Å². The van der Waals surface area contributed by atoms with Crippen molar-refractivity contribution in [2.45, 2.75) is 31.1 Å². The Morgan fingerprint density at radius 3 is 1.59 bits per heavy atom. The summed E-state index contributed by atoms with van der Waals surface area (Å²) in [5.41, 5.74) is 1.11. The van der Waals surface area contributed by atoms with Crippen LogP contribution in [0.15, 0.2) is 48.5 Å². The summed E-state index contributed by atoms with van der Waals surface area (Å²) in [6.07, 6.45) is -1.93. The molecule has 10 heteroatoms. The summed E-state index contributed by atoms with van der Waals surface area (Å²) < 4.78 is 11.0. The summed E-state index contributed by atoms with van der Waals surface area (Å²) in [5, 5.41) is 40.7. The molecule has 4 N–H and O–H groups in total. The molecular formula is C29H28O10. The smallest absolute Gasteiger partial charge is 0.307 e. The highest BCUT2D eigenvalue weighted by Crippen LogP contribution is 2.58. The van der Waals surface area contributed by atoms with E-state index in [2.05, 4.69) is 0 Å². The minimum Gasteiger partial charge on any atom is -0.493 e. The third kappa shape index (κ3) is 5.09. The molecule has 4 rings (SSSR count). The number of hydrogen-bond acceptors (Lipinski definition) is 6. The number of ether oxygens (including phenoxy) is 2. The molecule has 0 bridgehead atoms. The topological polar surface area (TPSA) is 168 Å². The Kier molecular flexibility index (Phi) is 7.49. The van der Waals surface area contributed by atoms with Crippen LogP contribution in [-0.4, -0.2) is 58.5 Å². The molecule has 3 aromatic carbocycles. The van der Waals surface area contributed by atoms with Crippen LogP contribution in [0.3, 0.4) is 0 Å². The van der Waals surface area contributed by atoms with Gasteiger partial charge in [-0.15, -0.1) is 0 Å². The zero-order chi connectivity index (χ0) is 28.5. The lowest BCUT2D eigenvalue weighted by Gasteiger charge is -2.36. The van der Waals surface area contributed by atoms with Crippen LogP contribution < -0.4 is 9.47 Å². The van der Waals surface area contributed by atoms with Gasteiger partial charge in [-0.3, -0.25) is 19.2 Å². The lowest BCUT2D eigenvalue weighted by atomic mass is 9.66. The molecule has 0 heterocycles. The Labute approximate surface area is 223 Å². The second kappa shape index (κ2) is 10.6. The number of hydrogen-bond donors (Lipinski definition) is 4. The molecule has 10 nitrogen and oxygen atoms in total. The van der Waals surface area contributed by atoms with Crippen molar-refractivity contribution in [2.24, 2.45) is 11.8 Å². The van der Waals surface area contributed by atoms with Crippen LogP contribution in [0.1, 0.15) is 36.8 Å². The first kappa shape index (κ1) is 27.4. The molecular weight excluding hydrogens is 508 g/mol. The third-order valence-electron chi connectivity index (χ3n) is 7.46. The zero-order valence-electron chi connectivity index (χ0n) is 21.3. The van der Waals surface area contributed by atoms with Gasteiger partial charge in [-0.1, -0.05) is 24.3 Å². The molecule has 39 heavy (non-hydrogen) atoms. The molecule has 2 unspecified atom stereocenters. The highest BCUT2D eigenvalue weighted by atomic mass is 16.5. The number of benzene rings is 3. The van der Waals surface area contributed by atoms with E-state index in [9.17, 15) is 39.6 Å². The summed E-state index contributed by atoms with van der Waals surface area (Å²) in [4.78, 5) is 47.9. The Balaban J connectivity index is 2.09. The lowest BCUT2D eigenvalue weighted by Crippen LogP contribution is -2.36. The lowest BCUT2D eigenvalue weighted by molar-refractivity contribution is -0.150. The highest BCUT2D eigenvalue weighted by Gasteiger charge is 2.49. The first-order valence-corrected chi connectivity index (χ1v) is 12.2. The van der Waals surface area contributed by atoms with Crippen LogP contribution in [0.4, 0.5) is 0 Å². The van der Waals surface area contributed by atoms with Crippen LogP contribution in [0, 0.1) is 11.8 Å². The average Bonchev–Trinajstić information content (AvgIpc) is 3.12. The van der Waals surface area contributed by atoms with Gasteiger partial charge in [0.15, 0.2) is 11.5 Å². The van der Waals surface area contributed by atoms with E-state index in [0.717, 1.165) is 10.8 Å². The van der Waals surface area contributed by atoms with Crippen molar-refractivity contribution in [3.8, 4) is 22.6 Å². The van der Waals surface area contributed by atoms with E-state index in [1.807, 2.05) is 36.4 Å². The van der Waals surface area contributed by atoms with E-state index in [1.54, 1.807) is 12.1 Å². The molecule has 0 saturated heterocycles. The predicted molar refractivity (Wildman–Crippen MR) is 139 cm³/mol. The summed E-state index contributed by atoms with van der Waals surface area (Å²) in [6.45, 7) is 0. The van der Waals surface area contributed by atoms with E-state index in [-0.39, 0.29) is 12.8 Å². The maximum absolute atomic E-state index is 12.3. The Morgan fingerprint density at radius 2 is 1.13 bits per heavy atom. The number of methoxy groups -OCH3 is 2. The van der Waals surface area contributed by atoms with Crippen LogP contribution in [0.5, 0.6) is 11.5 Å². The number of aliphatic carboxylic acids is 4. The van der Waals surface area contributed by atoms with Gasteiger partial charge in [0.25, 0.3) is 0 Å². The number of rotatable bonds is 12. The molecule has 0 fully saturated rings. The largest absolute Gasteiger partial charge is 0.493 e. The van der Waals surface area contributed by atoms with Crippen LogP contribution in [-0.2, 0) is 24.6 Å². The monoisotopic (exact) mass is 536 g/mol. The van der Waals surface area contributed by atoms with E-state index in [0.29, 0.717) is 33.8 Å². The van der Waals surface area contributed by atoms with Crippen molar-refractivity contribution in [1.82, 2.24) is 0 Å². The summed E-state index contributed by atoms with van der Waals surface area (Å²) in [7, 11) is 2.89. The van der Waals surface area contributed by atoms with Crippen molar-refractivity contribution >= 4 is 34.6 Å². The fourth-order valence-electron chi connectivity index (χ4n) is 5.78. The molecule has 3 aromatic rings. The van der Waals surface area contributed by atoms with Crippen LogP contribution in [0.2, 0.25) is 0 Å². The number of fused-ring (bicyclic) bond motifs is 4. The normalized spacial score (nSPS) is 17.1. The van der Waals surface area contributed by atoms with E-state index >= 15 is 0 Å². The Bertz CT molecular complexity index is 1440. The van der Waals surface area contributed by atoms with Gasteiger partial charge >= 0.3 is 23.9 Å². The van der Waals surface area contributed by atoms with Crippen LogP contribution in [0.25, 0.3) is 21.9 Å². The first-order chi connectivity index (χ1) is 18.5. The van der Waals surface area contributed by atoms with Gasteiger partial charge in [0.2, 0.25) is 0 Å².